The lowest BCUT2D eigenvalue weighted by Gasteiger charge is -2.09. The summed E-state index contributed by atoms with van der Waals surface area (Å²) in [7, 11) is 0. The van der Waals surface area contributed by atoms with Crippen LogP contribution in [0.15, 0.2) is 60.9 Å². The van der Waals surface area contributed by atoms with E-state index in [1.807, 2.05) is 36.5 Å². The third kappa shape index (κ3) is 3.23. The van der Waals surface area contributed by atoms with Gasteiger partial charge in [-0.05, 0) is 42.5 Å². The Labute approximate surface area is 127 Å². The normalized spacial score (nSPS) is 10.6. The average Bonchev–Trinajstić information content (AvgIpc) is 3.03. The second-order valence-electron chi connectivity index (χ2n) is 4.59. The van der Waals surface area contributed by atoms with E-state index in [1.165, 1.54) is 6.07 Å². The lowest BCUT2D eigenvalue weighted by Crippen LogP contribution is -2.03. The molecule has 3 rings (SSSR count). The highest BCUT2D eigenvalue weighted by Crippen LogP contribution is 2.18. The van der Waals surface area contributed by atoms with Crippen LogP contribution in [-0.4, -0.2) is 9.78 Å². The minimum absolute atomic E-state index is 0.268. The van der Waals surface area contributed by atoms with Crippen LogP contribution in [0.5, 0.6) is 0 Å². The monoisotopic (exact) mass is 301 g/mol. The molecule has 2 aromatic carbocycles. The van der Waals surface area contributed by atoms with E-state index >= 15 is 0 Å². The first kappa shape index (κ1) is 13.6. The van der Waals surface area contributed by atoms with Gasteiger partial charge in [0.05, 0.1) is 5.69 Å². The lowest BCUT2D eigenvalue weighted by molar-refractivity contribution is 0.613. The molecule has 1 heterocycles. The molecule has 0 amide bonds. The molecule has 0 aliphatic rings. The van der Waals surface area contributed by atoms with Crippen molar-refractivity contribution < 1.29 is 4.39 Å². The van der Waals surface area contributed by atoms with Crippen LogP contribution in [-0.2, 0) is 6.54 Å². The zero-order valence-corrected chi connectivity index (χ0v) is 11.9. The summed E-state index contributed by atoms with van der Waals surface area (Å²) in [6, 6.07) is 14.2. The maximum absolute atomic E-state index is 13.7. The lowest BCUT2D eigenvalue weighted by atomic mass is 10.2. The van der Waals surface area contributed by atoms with E-state index in [4.69, 9.17) is 11.6 Å². The zero-order valence-electron chi connectivity index (χ0n) is 11.1. The molecule has 5 heteroatoms. The molecule has 21 heavy (non-hydrogen) atoms. The Hall–Kier alpha value is -2.33. The maximum Gasteiger partial charge on any atom is 0.128 e. The Bertz CT molecular complexity index is 741. The standard InChI is InChI=1S/C16H13ClFN3/c17-13-5-6-16(18)12(9-13)11-19-14-3-1-4-15(10-14)21-8-2-7-20-21/h1-10,19H,11H2. The van der Waals surface area contributed by atoms with Gasteiger partial charge in [0, 0.05) is 35.2 Å². The minimum Gasteiger partial charge on any atom is -0.381 e. The van der Waals surface area contributed by atoms with Crippen LogP contribution < -0.4 is 5.32 Å². The van der Waals surface area contributed by atoms with Gasteiger partial charge in [-0.15, -0.1) is 0 Å². The SMILES string of the molecule is Fc1ccc(Cl)cc1CNc1cccc(-n2cccn2)c1. The molecule has 3 aromatic rings. The van der Waals surface area contributed by atoms with E-state index in [0.717, 1.165) is 11.4 Å². The van der Waals surface area contributed by atoms with Gasteiger partial charge in [-0.1, -0.05) is 17.7 Å². The van der Waals surface area contributed by atoms with Crippen molar-refractivity contribution in [3.05, 3.63) is 77.3 Å². The van der Waals surface area contributed by atoms with Gasteiger partial charge in [0.15, 0.2) is 0 Å². The summed E-state index contributed by atoms with van der Waals surface area (Å²) >= 11 is 5.89. The summed E-state index contributed by atoms with van der Waals surface area (Å²) < 4.78 is 15.4. The molecular formula is C16H13ClFN3. The van der Waals surface area contributed by atoms with Gasteiger partial charge in [-0.2, -0.15) is 5.10 Å². The van der Waals surface area contributed by atoms with Crippen molar-refractivity contribution in [1.29, 1.82) is 0 Å². The summed E-state index contributed by atoms with van der Waals surface area (Å²) in [5.41, 5.74) is 2.37. The number of hydrogen-bond donors (Lipinski definition) is 1. The highest BCUT2D eigenvalue weighted by Gasteiger charge is 2.04. The first-order valence-electron chi connectivity index (χ1n) is 6.50. The number of rotatable bonds is 4. The fourth-order valence-electron chi connectivity index (χ4n) is 2.06. The highest BCUT2D eigenvalue weighted by molar-refractivity contribution is 6.30. The second kappa shape index (κ2) is 5.97. The van der Waals surface area contributed by atoms with Crippen molar-refractivity contribution in [2.75, 3.05) is 5.32 Å². The summed E-state index contributed by atoms with van der Waals surface area (Å²) in [6.45, 7) is 0.370. The van der Waals surface area contributed by atoms with Gasteiger partial charge in [-0.25, -0.2) is 9.07 Å². The number of benzene rings is 2. The molecule has 106 valence electrons. The van der Waals surface area contributed by atoms with E-state index in [9.17, 15) is 4.39 Å². The predicted molar refractivity (Wildman–Crippen MR) is 82.3 cm³/mol. The number of hydrogen-bond acceptors (Lipinski definition) is 2. The molecule has 3 nitrogen and oxygen atoms in total. The van der Waals surface area contributed by atoms with E-state index in [-0.39, 0.29) is 5.82 Å². The van der Waals surface area contributed by atoms with Crippen LogP contribution in [0.4, 0.5) is 10.1 Å². The molecule has 0 radical (unpaired) electrons. The Kier molecular flexibility index (Phi) is 3.88. The number of nitrogens with zero attached hydrogens (tertiary/aromatic N) is 2. The van der Waals surface area contributed by atoms with Gasteiger partial charge in [0.1, 0.15) is 5.82 Å². The molecule has 0 unspecified atom stereocenters. The van der Waals surface area contributed by atoms with Gasteiger partial charge < -0.3 is 5.32 Å². The molecule has 0 bridgehead atoms. The Morgan fingerprint density at radius 2 is 2.05 bits per heavy atom. The van der Waals surface area contributed by atoms with Crippen molar-refractivity contribution in [3.63, 3.8) is 0 Å². The van der Waals surface area contributed by atoms with E-state index in [0.29, 0.717) is 17.1 Å². The van der Waals surface area contributed by atoms with Gasteiger partial charge >= 0.3 is 0 Å². The molecule has 0 spiro atoms. The van der Waals surface area contributed by atoms with Crippen molar-refractivity contribution in [3.8, 4) is 5.69 Å². The predicted octanol–water partition coefficient (Wildman–Crippen LogP) is 4.28. The van der Waals surface area contributed by atoms with Gasteiger partial charge in [0.25, 0.3) is 0 Å². The Morgan fingerprint density at radius 3 is 2.86 bits per heavy atom. The molecular weight excluding hydrogens is 289 g/mol. The maximum atomic E-state index is 13.7. The van der Waals surface area contributed by atoms with E-state index in [2.05, 4.69) is 10.4 Å². The molecule has 0 fully saturated rings. The topological polar surface area (TPSA) is 29.9 Å². The van der Waals surface area contributed by atoms with E-state index < -0.39 is 0 Å². The van der Waals surface area contributed by atoms with Gasteiger partial charge in [-0.3, -0.25) is 0 Å². The largest absolute Gasteiger partial charge is 0.381 e. The van der Waals surface area contributed by atoms with Crippen LogP contribution in [0.3, 0.4) is 0 Å². The molecule has 0 aliphatic heterocycles. The Morgan fingerprint density at radius 1 is 1.14 bits per heavy atom. The quantitative estimate of drug-likeness (QED) is 0.779. The van der Waals surface area contributed by atoms with E-state index in [1.54, 1.807) is 23.0 Å². The highest BCUT2D eigenvalue weighted by atomic mass is 35.5. The van der Waals surface area contributed by atoms with Crippen LogP contribution >= 0.6 is 11.6 Å². The van der Waals surface area contributed by atoms with Crippen molar-refractivity contribution >= 4 is 17.3 Å². The number of aromatic nitrogens is 2. The van der Waals surface area contributed by atoms with Crippen LogP contribution in [0.25, 0.3) is 5.69 Å². The number of halogens is 2. The number of anilines is 1. The molecule has 1 N–H and O–H groups in total. The van der Waals surface area contributed by atoms with Crippen molar-refractivity contribution in [1.82, 2.24) is 9.78 Å². The van der Waals surface area contributed by atoms with Crippen molar-refractivity contribution in [2.45, 2.75) is 6.54 Å². The molecule has 0 saturated carbocycles. The fraction of sp³-hybridized carbons (Fsp3) is 0.0625. The van der Waals surface area contributed by atoms with Crippen LogP contribution in [0.2, 0.25) is 5.02 Å². The van der Waals surface area contributed by atoms with Gasteiger partial charge in [0.2, 0.25) is 0 Å². The van der Waals surface area contributed by atoms with Crippen molar-refractivity contribution in [2.24, 2.45) is 0 Å². The summed E-state index contributed by atoms with van der Waals surface area (Å²) in [6.07, 6.45) is 3.59. The number of nitrogens with one attached hydrogen (secondary N) is 1. The minimum atomic E-state index is -0.268. The first-order valence-corrected chi connectivity index (χ1v) is 6.88. The molecule has 0 atom stereocenters. The Balaban J connectivity index is 1.76. The van der Waals surface area contributed by atoms with Crippen LogP contribution in [0, 0.1) is 5.82 Å². The smallest absolute Gasteiger partial charge is 0.128 e. The molecule has 1 aromatic heterocycles. The zero-order chi connectivity index (χ0) is 14.7. The average molecular weight is 302 g/mol. The summed E-state index contributed by atoms with van der Waals surface area (Å²) in [4.78, 5) is 0. The summed E-state index contributed by atoms with van der Waals surface area (Å²) in [5.74, 6) is -0.268. The fourth-order valence-corrected chi connectivity index (χ4v) is 2.25. The third-order valence-corrected chi connectivity index (χ3v) is 3.34. The summed E-state index contributed by atoms with van der Waals surface area (Å²) in [5, 5.41) is 7.90. The van der Waals surface area contributed by atoms with Crippen LogP contribution in [0.1, 0.15) is 5.56 Å². The molecule has 0 aliphatic carbocycles. The first-order chi connectivity index (χ1) is 10.2. The third-order valence-electron chi connectivity index (χ3n) is 3.11. The molecule has 0 saturated heterocycles. The second-order valence-corrected chi connectivity index (χ2v) is 5.03.